The molecule has 2 aromatic rings. The zero-order valence-electron chi connectivity index (χ0n) is 14.9. The molecular formula is C22H18NO4+. The number of carbonyl (C=O) groups excluding carboxylic acids is 1. The van der Waals surface area contributed by atoms with Crippen molar-refractivity contribution in [2.45, 2.75) is 12.8 Å². The molecule has 0 spiro atoms. The number of nitrogens with one attached hydrogen (secondary N) is 1. The van der Waals surface area contributed by atoms with Crippen molar-refractivity contribution in [2.75, 3.05) is 20.4 Å². The first kappa shape index (κ1) is 15.1. The van der Waals surface area contributed by atoms with Crippen LogP contribution in [0.3, 0.4) is 0 Å². The topological polar surface area (TPSA) is 49.2 Å². The Balaban J connectivity index is 1.68. The van der Waals surface area contributed by atoms with Crippen molar-refractivity contribution in [3.63, 3.8) is 0 Å². The van der Waals surface area contributed by atoms with E-state index >= 15 is 0 Å². The minimum absolute atomic E-state index is 0.000772. The molecule has 0 radical (unpaired) electrons. The molecule has 1 unspecified atom stereocenters. The molecule has 1 saturated heterocycles. The predicted octanol–water partition coefficient (Wildman–Crippen LogP) is 2.64. The molecule has 27 heavy (non-hydrogen) atoms. The molecule has 3 heterocycles. The smallest absolute Gasteiger partial charge is 0.233 e. The summed E-state index contributed by atoms with van der Waals surface area (Å²) in [6.45, 7) is 1.26. The number of fused-ring (bicyclic) bond motifs is 8. The van der Waals surface area contributed by atoms with Crippen LogP contribution in [0.4, 0.5) is 5.69 Å². The largest absolute Gasteiger partial charge is 0.493 e. The lowest BCUT2D eigenvalue weighted by Gasteiger charge is -2.29. The lowest BCUT2D eigenvalue weighted by Crippen LogP contribution is -3.04. The van der Waals surface area contributed by atoms with Gasteiger partial charge in [0.05, 0.1) is 19.2 Å². The Morgan fingerprint density at radius 1 is 1.11 bits per heavy atom. The Morgan fingerprint density at radius 3 is 2.81 bits per heavy atom. The number of carbonyl (C=O) groups is 1. The molecule has 0 amide bonds. The van der Waals surface area contributed by atoms with E-state index in [4.69, 9.17) is 14.2 Å². The molecule has 4 aliphatic rings. The molecular weight excluding hydrogens is 342 g/mol. The van der Waals surface area contributed by atoms with Crippen LogP contribution in [0.1, 0.15) is 18.4 Å². The quantitative estimate of drug-likeness (QED) is 0.849. The van der Waals surface area contributed by atoms with Crippen LogP contribution >= 0.6 is 0 Å². The summed E-state index contributed by atoms with van der Waals surface area (Å²) < 4.78 is 16.5. The monoisotopic (exact) mass is 360 g/mol. The van der Waals surface area contributed by atoms with Crippen molar-refractivity contribution in [2.24, 2.45) is 0 Å². The number of ketones is 1. The van der Waals surface area contributed by atoms with Crippen molar-refractivity contribution in [1.29, 1.82) is 0 Å². The van der Waals surface area contributed by atoms with Gasteiger partial charge in [-0.1, -0.05) is 6.07 Å². The molecule has 1 fully saturated rings. The molecule has 134 valence electrons. The summed E-state index contributed by atoms with van der Waals surface area (Å²) >= 11 is 0. The summed E-state index contributed by atoms with van der Waals surface area (Å²) in [6, 6.07) is 8.38. The minimum atomic E-state index is 0.000772. The Kier molecular flexibility index (Phi) is 2.92. The third-order valence-corrected chi connectivity index (χ3v) is 5.97. The van der Waals surface area contributed by atoms with Crippen LogP contribution in [-0.4, -0.2) is 26.2 Å². The van der Waals surface area contributed by atoms with E-state index in [9.17, 15) is 4.79 Å². The second-order valence-electron chi connectivity index (χ2n) is 7.24. The van der Waals surface area contributed by atoms with E-state index in [1.807, 2.05) is 6.08 Å². The lowest BCUT2D eigenvalue weighted by molar-refractivity contribution is -0.779. The van der Waals surface area contributed by atoms with E-state index < -0.39 is 0 Å². The van der Waals surface area contributed by atoms with Crippen molar-refractivity contribution < 1.29 is 23.9 Å². The number of hydrogen-bond acceptors (Lipinski definition) is 4. The molecule has 1 N–H and O–H groups in total. The zero-order chi connectivity index (χ0) is 18.1. The first-order valence-electron chi connectivity index (χ1n) is 9.24. The molecule has 5 heteroatoms. The van der Waals surface area contributed by atoms with Gasteiger partial charge < -0.3 is 14.2 Å². The van der Waals surface area contributed by atoms with E-state index in [1.165, 1.54) is 21.7 Å². The van der Waals surface area contributed by atoms with Crippen LogP contribution in [0.5, 0.6) is 11.5 Å². The molecule has 5 nitrogen and oxygen atoms in total. The summed E-state index contributed by atoms with van der Waals surface area (Å²) in [7, 11) is 1.56. The van der Waals surface area contributed by atoms with Crippen molar-refractivity contribution in [3.8, 4) is 11.5 Å². The first-order valence-corrected chi connectivity index (χ1v) is 9.24. The number of quaternary nitrogens is 1. The number of methoxy groups -OCH3 is 1. The van der Waals surface area contributed by atoms with Crippen LogP contribution in [0, 0.1) is 0 Å². The molecule has 6 rings (SSSR count). The highest BCUT2D eigenvalue weighted by molar-refractivity contribution is 6.21. The average Bonchev–Trinajstić information content (AvgIpc) is 3.34. The Morgan fingerprint density at radius 2 is 1.96 bits per heavy atom. The molecule has 3 aliphatic heterocycles. The van der Waals surface area contributed by atoms with Crippen LogP contribution in [0.25, 0.3) is 16.3 Å². The van der Waals surface area contributed by atoms with Crippen LogP contribution in [0.2, 0.25) is 0 Å². The van der Waals surface area contributed by atoms with Crippen LogP contribution in [-0.2, 0) is 9.53 Å². The standard InChI is InChI=1S/C22H17NO4/c1-25-17-7-6-13-14-5-4-12-9-18-19(27-11-26-18)10-15(12)21(14)23-8-2-3-16(23)20(13)22(17)24/h4-7,9-10H,2-3,8,11H2,1H3/p+1. The summed E-state index contributed by atoms with van der Waals surface area (Å²) in [6.07, 6.45) is 5.82. The maximum absolute atomic E-state index is 13.0. The van der Waals surface area contributed by atoms with Gasteiger partial charge in [-0.2, -0.15) is 0 Å². The van der Waals surface area contributed by atoms with Gasteiger partial charge in [-0.15, -0.1) is 0 Å². The Hall–Kier alpha value is -3.05. The lowest BCUT2D eigenvalue weighted by atomic mass is 9.83. The molecule has 0 bridgehead atoms. The summed E-state index contributed by atoms with van der Waals surface area (Å²) in [5, 5.41) is 2.30. The highest BCUT2D eigenvalue weighted by atomic mass is 16.7. The summed E-state index contributed by atoms with van der Waals surface area (Å²) in [5.41, 5.74) is 5.39. The molecule has 2 aromatic carbocycles. The van der Waals surface area contributed by atoms with E-state index in [1.54, 1.807) is 13.2 Å². The van der Waals surface area contributed by atoms with Crippen molar-refractivity contribution in [1.82, 2.24) is 0 Å². The first-order chi connectivity index (χ1) is 13.3. The zero-order valence-corrected chi connectivity index (χ0v) is 14.9. The summed E-state index contributed by atoms with van der Waals surface area (Å²) in [5.74, 6) is 2.01. The second-order valence-corrected chi connectivity index (χ2v) is 7.24. The number of allylic oxidation sites excluding steroid dienone is 5. The minimum Gasteiger partial charge on any atom is -0.493 e. The van der Waals surface area contributed by atoms with Gasteiger partial charge in [0.15, 0.2) is 22.9 Å². The number of hydrogen-bond donors (Lipinski definition) is 1. The Bertz CT molecular complexity index is 1140. The molecule has 1 aliphatic carbocycles. The van der Waals surface area contributed by atoms with Gasteiger partial charge in [-0.3, -0.25) is 9.69 Å². The maximum atomic E-state index is 13.0. The van der Waals surface area contributed by atoms with E-state index in [2.05, 4.69) is 24.3 Å². The van der Waals surface area contributed by atoms with Gasteiger partial charge in [0.2, 0.25) is 12.6 Å². The third kappa shape index (κ3) is 1.89. The van der Waals surface area contributed by atoms with Crippen molar-refractivity contribution in [3.05, 3.63) is 59.0 Å². The van der Waals surface area contributed by atoms with Gasteiger partial charge in [0.25, 0.3) is 0 Å². The number of Topliss-reactive ketones (excluding diaryl/α,β-unsaturated/α-hetero) is 1. The van der Waals surface area contributed by atoms with Gasteiger partial charge in [-0.25, -0.2) is 0 Å². The SMILES string of the molecule is COC1=CC=C2C(=C3CCC[NH+]3c3c2ccc2cc4c(cc32)OCO4)C1=O. The van der Waals surface area contributed by atoms with Gasteiger partial charge in [0.1, 0.15) is 5.70 Å². The van der Waals surface area contributed by atoms with Gasteiger partial charge in [-0.05, 0) is 35.7 Å². The van der Waals surface area contributed by atoms with Crippen molar-refractivity contribution >= 4 is 27.8 Å². The van der Waals surface area contributed by atoms with E-state index in [-0.39, 0.29) is 12.6 Å². The fourth-order valence-corrected chi connectivity index (χ4v) is 4.81. The van der Waals surface area contributed by atoms with Gasteiger partial charge >= 0.3 is 0 Å². The van der Waals surface area contributed by atoms with E-state index in [0.717, 1.165) is 53.0 Å². The highest BCUT2D eigenvalue weighted by Crippen LogP contribution is 2.45. The average molecular weight is 360 g/mol. The highest BCUT2D eigenvalue weighted by Gasteiger charge is 2.42. The predicted molar refractivity (Wildman–Crippen MR) is 99.9 cm³/mol. The van der Waals surface area contributed by atoms with Crippen LogP contribution < -0.4 is 14.4 Å². The van der Waals surface area contributed by atoms with Crippen LogP contribution in [0.15, 0.2) is 53.4 Å². The number of benzene rings is 2. The van der Waals surface area contributed by atoms with Gasteiger partial charge in [0, 0.05) is 29.4 Å². The summed E-state index contributed by atoms with van der Waals surface area (Å²) in [4.78, 5) is 14.3. The number of ether oxygens (including phenoxy) is 3. The van der Waals surface area contributed by atoms with E-state index in [0.29, 0.717) is 5.76 Å². The number of rotatable bonds is 1. The second kappa shape index (κ2) is 5.24. The Labute approximate surface area is 156 Å². The maximum Gasteiger partial charge on any atom is 0.233 e. The molecule has 1 atom stereocenters. The fraction of sp³-hybridized carbons (Fsp3) is 0.227. The molecule has 0 aromatic heterocycles. The fourth-order valence-electron chi connectivity index (χ4n) is 4.81. The molecule has 0 saturated carbocycles. The third-order valence-electron chi connectivity index (χ3n) is 5.97. The normalized spacial score (nSPS) is 22.3.